The van der Waals surface area contributed by atoms with E-state index < -0.39 is 11.7 Å². The Balaban J connectivity index is 2.10. The zero-order valence-corrected chi connectivity index (χ0v) is 10.4. The number of benzene rings is 2. The highest BCUT2D eigenvalue weighted by atomic mass is 19.4. The van der Waals surface area contributed by atoms with Crippen molar-refractivity contribution in [2.45, 2.75) is 19.5 Å². The second-order valence-electron chi connectivity index (χ2n) is 4.12. The molecule has 0 heterocycles. The summed E-state index contributed by atoms with van der Waals surface area (Å²) in [7, 11) is 0. The van der Waals surface area contributed by atoms with Crippen LogP contribution in [0.3, 0.4) is 0 Å². The maximum absolute atomic E-state index is 12.4. The minimum absolute atomic E-state index is 0.386. The summed E-state index contributed by atoms with van der Waals surface area (Å²) in [4.78, 5) is 0. The van der Waals surface area contributed by atoms with Crippen LogP contribution in [0, 0.1) is 0 Å². The molecule has 0 N–H and O–H groups in total. The van der Waals surface area contributed by atoms with E-state index in [1.54, 1.807) is 12.1 Å². The average molecular weight is 266 g/mol. The van der Waals surface area contributed by atoms with E-state index in [0.29, 0.717) is 11.5 Å². The molecule has 0 aliphatic heterocycles. The van der Waals surface area contributed by atoms with Gasteiger partial charge in [0.15, 0.2) is 0 Å². The van der Waals surface area contributed by atoms with Gasteiger partial charge >= 0.3 is 6.18 Å². The predicted molar refractivity (Wildman–Crippen MR) is 67.3 cm³/mol. The van der Waals surface area contributed by atoms with E-state index in [2.05, 4.69) is 0 Å². The second kappa shape index (κ2) is 5.34. The van der Waals surface area contributed by atoms with Crippen LogP contribution in [0.2, 0.25) is 0 Å². The topological polar surface area (TPSA) is 9.23 Å². The van der Waals surface area contributed by atoms with Gasteiger partial charge < -0.3 is 4.74 Å². The normalized spacial score (nSPS) is 11.4. The van der Waals surface area contributed by atoms with Crippen LogP contribution < -0.4 is 4.74 Å². The summed E-state index contributed by atoms with van der Waals surface area (Å²) in [6, 6.07) is 12.1. The predicted octanol–water partition coefficient (Wildman–Crippen LogP) is 5.06. The van der Waals surface area contributed by atoms with E-state index in [-0.39, 0.29) is 0 Å². The molecule has 0 spiro atoms. The van der Waals surface area contributed by atoms with Crippen molar-refractivity contribution in [3.63, 3.8) is 0 Å². The first-order chi connectivity index (χ1) is 8.99. The molecule has 4 heteroatoms. The third-order valence-electron chi connectivity index (χ3n) is 2.75. The lowest BCUT2D eigenvalue weighted by Gasteiger charge is -2.09. The fourth-order valence-corrected chi connectivity index (χ4v) is 1.64. The molecule has 2 aromatic rings. The van der Waals surface area contributed by atoms with Gasteiger partial charge in [-0.15, -0.1) is 0 Å². The molecule has 0 fully saturated rings. The van der Waals surface area contributed by atoms with Crippen LogP contribution in [-0.2, 0) is 12.6 Å². The lowest BCUT2D eigenvalue weighted by molar-refractivity contribution is -0.137. The molecule has 0 atom stereocenters. The summed E-state index contributed by atoms with van der Waals surface area (Å²) in [6.07, 6.45) is -3.39. The molecule has 2 aromatic carbocycles. The molecule has 0 aliphatic carbocycles. The van der Waals surface area contributed by atoms with Crippen LogP contribution in [0.4, 0.5) is 13.2 Å². The van der Waals surface area contributed by atoms with Crippen molar-refractivity contribution in [3.8, 4) is 11.5 Å². The molecule has 0 aromatic heterocycles. The Morgan fingerprint density at radius 2 is 1.32 bits per heavy atom. The summed E-state index contributed by atoms with van der Waals surface area (Å²) in [6.45, 7) is 2.05. The van der Waals surface area contributed by atoms with Gasteiger partial charge in [0, 0.05) is 0 Å². The molecular formula is C15H13F3O. The molecule has 100 valence electrons. The molecule has 0 bridgehead atoms. The van der Waals surface area contributed by atoms with Gasteiger partial charge in [-0.3, -0.25) is 0 Å². The first kappa shape index (κ1) is 13.5. The monoisotopic (exact) mass is 266 g/mol. The Morgan fingerprint density at radius 3 is 1.74 bits per heavy atom. The van der Waals surface area contributed by atoms with Gasteiger partial charge in [-0.25, -0.2) is 0 Å². The number of hydrogen-bond acceptors (Lipinski definition) is 1. The van der Waals surface area contributed by atoms with Crippen molar-refractivity contribution in [1.29, 1.82) is 0 Å². The highest BCUT2D eigenvalue weighted by Gasteiger charge is 2.29. The van der Waals surface area contributed by atoms with Crippen LogP contribution in [0.25, 0.3) is 0 Å². The fourth-order valence-electron chi connectivity index (χ4n) is 1.64. The number of rotatable bonds is 3. The smallest absolute Gasteiger partial charge is 0.416 e. The highest BCUT2D eigenvalue weighted by molar-refractivity contribution is 5.35. The fraction of sp³-hybridized carbons (Fsp3) is 0.200. The van der Waals surface area contributed by atoms with Gasteiger partial charge in [-0.05, 0) is 48.4 Å². The summed E-state index contributed by atoms with van der Waals surface area (Å²) >= 11 is 0. The van der Waals surface area contributed by atoms with Crippen LogP contribution in [0.15, 0.2) is 48.5 Å². The minimum Gasteiger partial charge on any atom is -0.457 e. The van der Waals surface area contributed by atoms with E-state index in [1.165, 1.54) is 17.7 Å². The number of aryl methyl sites for hydroxylation is 1. The summed E-state index contributed by atoms with van der Waals surface area (Å²) in [5.41, 5.74) is 0.501. The van der Waals surface area contributed by atoms with Gasteiger partial charge in [0.25, 0.3) is 0 Å². The SMILES string of the molecule is CCc1ccc(Oc2ccc(C(F)(F)F)cc2)cc1. The number of halogens is 3. The van der Waals surface area contributed by atoms with Crippen LogP contribution in [0.5, 0.6) is 11.5 Å². The van der Waals surface area contributed by atoms with Gasteiger partial charge in [0.2, 0.25) is 0 Å². The van der Waals surface area contributed by atoms with Crippen LogP contribution >= 0.6 is 0 Å². The Labute approximate surface area is 109 Å². The van der Waals surface area contributed by atoms with E-state index in [9.17, 15) is 13.2 Å². The number of ether oxygens (including phenoxy) is 1. The van der Waals surface area contributed by atoms with E-state index in [1.807, 2.05) is 19.1 Å². The third-order valence-corrected chi connectivity index (χ3v) is 2.75. The van der Waals surface area contributed by atoms with E-state index >= 15 is 0 Å². The Hall–Kier alpha value is -1.97. The third kappa shape index (κ3) is 3.50. The van der Waals surface area contributed by atoms with Crippen molar-refractivity contribution in [2.24, 2.45) is 0 Å². The van der Waals surface area contributed by atoms with Gasteiger partial charge in [0.1, 0.15) is 11.5 Å². The van der Waals surface area contributed by atoms with Gasteiger partial charge in [-0.1, -0.05) is 19.1 Å². The number of hydrogen-bond donors (Lipinski definition) is 0. The van der Waals surface area contributed by atoms with E-state index in [4.69, 9.17) is 4.74 Å². The van der Waals surface area contributed by atoms with Gasteiger partial charge in [0.05, 0.1) is 5.56 Å². The van der Waals surface area contributed by atoms with E-state index in [0.717, 1.165) is 18.6 Å². The van der Waals surface area contributed by atoms with Crippen molar-refractivity contribution in [2.75, 3.05) is 0 Å². The Bertz CT molecular complexity index is 527. The quantitative estimate of drug-likeness (QED) is 0.754. The molecular weight excluding hydrogens is 253 g/mol. The van der Waals surface area contributed by atoms with Crippen molar-refractivity contribution >= 4 is 0 Å². The molecule has 0 saturated heterocycles. The zero-order valence-electron chi connectivity index (χ0n) is 10.4. The average Bonchev–Trinajstić information content (AvgIpc) is 2.39. The highest BCUT2D eigenvalue weighted by Crippen LogP contribution is 2.31. The molecule has 0 unspecified atom stereocenters. The second-order valence-corrected chi connectivity index (χ2v) is 4.12. The zero-order chi connectivity index (χ0) is 13.9. The molecule has 0 radical (unpaired) electrons. The maximum atomic E-state index is 12.4. The summed E-state index contributed by atoms with van der Waals surface area (Å²) < 4.78 is 42.6. The van der Waals surface area contributed by atoms with Crippen LogP contribution in [0.1, 0.15) is 18.1 Å². The van der Waals surface area contributed by atoms with Crippen molar-refractivity contribution in [1.82, 2.24) is 0 Å². The Morgan fingerprint density at radius 1 is 0.842 bits per heavy atom. The standard InChI is InChI=1S/C15H13F3O/c1-2-11-3-7-13(8-4-11)19-14-9-5-12(6-10-14)15(16,17)18/h3-10H,2H2,1H3. The minimum atomic E-state index is -4.32. The molecule has 0 amide bonds. The maximum Gasteiger partial charge on any atom is 0.416 e. The molecule has 2 rings (SSSR count). The van der Waals surface area contributed by atoms with Crippen molar-refractivity contribution in [3.05, 3.63) is 59.7 Å². The lowest BCUT2D eigenvalue weighted by atomic mass is 10.2. The molecule has 19 heavy (non-hydrogen) atoms. The first-order valence-electron chi connectivity index (χ1n) is 5.93. The number of alkyl halides is 3. The Kier molecular flexibility index (Phi) is 3.79. The molecule has 0 aliphatic rings. The van der Waals surface area contributed by atoms with Crippen LogP contribution in [-0.4, -0.2) is 0 Å². The van der Waals surface area contributed by atoms with Gasteiger partial charge in [-0.2, -0.15) is 13.2 Å². The summed E-state index contributed by atoms with van der Waals surface area (Å²) in [5, 5.41) is 0. The largest absolute Gasteiger partial charge is 0.457 e. The molecule has 1 nitrogen and oxygen atoms in total. The lowest BCUT2D eigenvalue weighted by Crippen LogP contribution is -2.03. The van der Waals surface area contributed by atoms with Crippen molar-refractivity contribution < 1.29 is 17.9 Å². The molecule has 0 saturated carbocycles. The first-order valence-corrected chi connectivity index (χ1v) is 5.93. The summed E-state index contributed by atoms with van der Waals surface area (Å²) in [5.74, 6) is 0.995.